The highest BCUT2D eigenvalue weighted by atomic mass is 19.1. The van der Waals surface area contributed by atoms with Gasteiger partial charge in [-0.1, -0.05) is 18.2 Å². The molecule has 0 spiro atoms. The SMILES string of the molecule is COc1ccc(/C(O)=C2/C(=O)C(=O)N(c3cccc(F)c3)C2c2ccc(F)cc2)c(C)c1. The first kappa shape index (κ1) is 21.2. The van der Waals surface area contributed by atoms with Crippen LogP contribution in [0.15, 0.2) is 72.3 Å². The Morgan fingerprint density at radius 2 is 1.69 bits per heavy atom. The van der Waals surface area contributed by atoms with Gasteiger partial charge >= 0.3 is 0 Å². The van der Waals surface area contributed by atoms with Crippen molar-refractivity contribution in [2.24, 2.45) is 0 Å². The summed E-state index contributed by atoms with van der Waals surface area (Å²) in [5.41, 5.74) is 1.33. The predicted octanol–water partition coefficient (Wildman–Crippen LogP) is 4.91. The van der Waals surface area contributed by atoms with Crippen molar-refractivity contribution in [3.05, 3.63) is 101 Å². The molecule has 5 nitrogen and oxygen atoms in total. The average Bonchev–Trinajstić information content (AvgIpc) is 3.04. The van der Waals surface area contributed by atoms with E-state index in [0.29, 0.717) is 22.4 Å². The van der Waals surface area contributed by atoms with Gasteiger partial charge in [0.05, 0.1) is 18.7 Å². The molecule has 3 aromatic carbocycles. The molecule has 1 unspecified atom stereocenters. The van der Waals surface area contributed by atoms with Crippen LogP contribution in [-0.4, -0.2) is 23.9 Å². The van der Waals surface area contributed by atoms with Gasteiger partial charge < -0.3 is 9.84 Å². The monoisotopic (exact) mass is 435 g/mol. The zero-order valence-corrected chi connectivity index (χ0v) is 17.3. The van der Waals surface area contributed by atoms with E-state index in [1.54, 1.807) is 25.1 Å². The molecule has 0 aromatic heterocycles. The van der Waals surface area contributed by atoms with E-state index < -0.39 is 29.4 Å². The number of carbonyl (C=O) groups is 2. The van der Waals surface area contributed by atoms with Gasteiger partial charge in [0.2, 0.25) is 0 Å². The summed E-state index contributed by atoms with van der Waals surface area (Å²) in [7, 11) is 1.51. The van der Waals surface area contributed by atoms with Crippen molar-refractivity contribution >= 4 is 23.1 Å². The Hall–Kier alpha value is -4.00. The molecule has 32 heavy (non-hydrogen) atoms. The first-order valence-electron chi connectivity index (χ1n) is 9.79. The minimum Gasteiger partial charge on any atom is -0.507 e. The highest BCUT2D eigenvalue weighted by molar-refractivity contribution is 6.51. The van der Waals surface area contributed by atoms with Gasteiger partial charge in [0, 0.05) is 11.3 Å². The average molecular weight is 435 g/mol. The van der Waals surface area contributed by atoms with E-state index in [9.17, 15) is 23.5 Å². The fraction of sp³-hybridized carbons (Fsp3) is 0.120. The fourth-order valence-electron chi connectivity index (χ4n) is 3.86. The van der Waals surface area contributed by atoms with Crippen LogP contribution in [0, 0.1) is 18.6 Å². The van der Waals surface area contributed by atoms with Gasteiger partial charge in [-0.15, -0.1) is 0 Å². The molecule has 1 aliphatic rings. The molecular formula is C25H19F2NO4. The minimum absolute atomic E-state index is 0.145. The first-order chi connectivity index (χ1) is 15.3. The van der Waals surface area contributed by atoms with Crippen molar-refractivity contribution in [3.8, 4) is 5.75 Å². The van der Waals surface area contributed by atoms with Gasteiger partial charge in [-0.3, -0.25) is 14.5 Å². The molecule has 1 atom stereocenters. The van der Waals surface area contributed by atoms with Crippen molar-refractivity contribution in [3.63, 3.8) is 0 Å². The third-order valence-electron chi connectivity index (χ3n) is 5.41. The van der Waals surface area contributed by atoms with Gasteiger partial charge in [0.1, 0.15) is 23.1 Å². The highest BCUT2D eigenvalue weighted by Gasteiger charge is 2.47. The number of amides is 1. The van der Waals surface area contributed by atoms with Crippen LogP contribution in [0.25, 0.3) is 5.76 Å². The second-order valence-electron chi connectivity index (χ2n) is 7.38. The maximum atomic E-state index is 13.9. The molecule has 1 aliphatic heterocycles. The zero-order chi connectivity index (χ0) is 23.0. The summed E-state index contributed by atoms with van der Waals surface area (Å²) in [6.45, 7) is 1.73. The lowest BCUT2D eigenvalue weighted by molar-refractivity contribution is -0.132. The van der Waals surface area contributed by atoms with Crippen molar-refractivity contribution in [1.29, 1.82) is 0 Å². The van der Waals surface area contributed by atoms with Crippen LogP contribution in [0.4, 0.5) is 14.5 Å². The van der Waals surface area contributed by atoms with E-state index in [4.69, 9.17) is 4.74 Å². The number of aliphatic hydroxyl groups is 1. The predicted molar refractivity (Wildman–Crippen MR) is 115 cm³/mol. The normalized spacial score (nSPS) is 17.6. The quantitative estimate of drug-likeness (QED) is 0.359. The van der Waals surface area contributed by atoms with E-state index >= 15 is 0 Å². The molecular weight excluding hydrogens is 416 g/mol. The van der Waals surface area contributed by atoms with Gasteiger partial charge in [0.25, 0.3) is 11.7 Å². The van der Waals surface area contributed by atoms with Crippen LogP contribution in [0.5, 0.6) is 5.75 Å². The number of Topliss-reactive ketones (excluding diaryl/α,β-unsaturated/α-hetero) is 1. The Morgan fingerprint density at radius 3 is 2.31 bits per heavy atom. The lowest BCUT2D eigenvalue weighted by atomic mass is 9.93. The summed E-state index contributed by atoms with van der Waals surface area (Å²) < 4.78 is 32.7. The molecule has 1 heterocycles. The second-order valence-corrected chi connectivity index (χ2v) is 7.38. The highest BCUT2D eigenvalue weighted by Crippen LogP contribution is 2.42. The van der Waals surface area contributed by atoms with E-state index in [1.807, 2.05) is 0 Å². The summed E-state index contributed by atoms with van der Waals surface area (Å²) in [5.74, 6) is -2.74. The van der Waals surface area contributed by atoms with E-state index in [2.05, 4.69) is 0 Å². The summed E-state index contributed by atoms with van der Waals surface area (Å²) in [6.07, 6.45) is 0. The molecule has 0 bridgehead atoms. The molecule has 0 radical (unpaired) electrons. The second kappa shape index (κ2) is 8.26. The minimum atomic E-state index is -1.07. The standard InChI is InChI=1S/C25H19F2NO4/c1-14-12-19(32-2)10-11-20(14)23(29)21-22(15-6-8-16(26)9-7-15)28(25(31)24(21)30)18-5-3-4-17(27)13-18/h3-13,22,29H,1-2H3/b23-21-. The number of nitrogens with zero attached hydrogens (tertiary/aromatic N) is 1. The lowest BCUT2D eigenvalue weighted by Gasteiger charge is -2.25. The molecule has 0 saturated carbocycles. The van der Waals surface area contributed by atoms with Gasteiger partial charge in [0.15, 0.2) is 0 Å². The fourth-order valence-corrected chi connectivity index (χ4v) is 3.86. The van der Waals surface area contributed by atoms with E-state index in [1.165, 1.54) is 49.6 Å². The summed E-state index contributed by atoms with van der Waals surface area (Å²) >= 11 is 0. The lowest BCUT2D eigenvalue weighted by Crippen LogP contribution is -2.29. The Balaban J connectivity index is 1.95. The largest absolute Gasteiger partial charge is 0.507 e. The Morgan fingerprint density at radius 1 is 0.969 bits per heavy atom. The number of anilines is 1. The number of methoxy groups -OCH3 is 1. The van der Waals surface area contributed by atoms with Crippen LogP contribution >= 0.6 is 0 Å². The van der Waals surface area contributed by atoms with E-state index in [-0.39, 0.29) is 17.0 Å². The van der Waals surface area contributed by atoms with Gasteiger partial charge in [-0.25, -0.2) is 8.78 Å². The molecule has 1 saturated heterocycles. The van der Waals surface area contributed by atoms with Crippen molar-refractivity contribution < 1.29 is 28.2 Å². The van der Waals surface area contributed by atoms with Crippen LogP contribution in [0.2, 0.25) is 0 Å². The van der Waals surface area contributed by atoms with E-state index in [0.717, 1.165) is 11.0 Å². The first-order valence-corrected chi connectivity index (χ1v) is 9.79. The number of ether oxygens (including phenoxy) is 1. The smallest absolute Gasteiger partial charge is 0.300 e. The number of benzene rings is 3. The summed E-state index contributed by atoms with van der Waals surface area (Å²) in [5, 5.41) is 11.1. The number of rotatable bonds is 4. The molecule has 4 rings (SSSR count). The number of ketones is 1. The van der Waals surface area contributed by atoms with Crippen molar-refractivity contribution in [2.45, 2.75) is 13.0 Å². The van der Waals surface area contributed by atoms with Crippen LogP contribution in [0.3, 0.4) is 0 Å². The third-order valence-corrected chi connectivity index (χ3v) is 5.41. The number of aryl methyl sites for hydroxylation is 1. The van der Waals surface area contributed by atoms with Crippen LogP contribution < -0.4 is 9.64 Å². The van der Waals surface area contributed by atoms with Crippen molar-refractivity contribution in [1.82, 2.24) is 0 Å². The van der Waals surface area contributed by atoms with Crippen LogP contribution in [0.1, 0.15) is 22.7 Å². The Kier molecular flexibility index (Phi) is 5.48. The molecule has 1 fully saturated rings. The zero-order valence-electron chi connectivity index (χ0n) is 17.3. The maximum Gasteiger partial charge on any atom is 0.300 e. The van der Waals surface area contributed by atoms with Crippen LogP contribution in [-0.2, 0) is 9.59 Å². The number of halogens is 2. The maximum absolute atomic E-state index is 13.9. The molecule has 1 amide bonds. The number of hydrogen-bond acceptors (Lipinski definition) is 4. The molecule has 3 aromatic rings. The van der Waals surface area contributed by atoms with Crippen molar-refractivity contribution in [2.75, 3.05) is 12.0 Å². The number of carbonyl (C=O) groups excluding carboxylic acids is 2. The topological polar surface area (TPSA) is 66.8 Å². The summed E-state index contributed by atoms with van der Waals surface area (Å²) in [6, 6.07) is 14.3. The van der Waals surface area contributed by atoms with Gasteiger partial charge in [-0.2, -0.15) is 0 Å². The number of aliphatic hydroxyl groups excluding tert-OH is 1. The summed E-state index contributed by atoms with van der Waals surface area (Å²) in [4.78, 5) is 27.2. The Labute approximate surface area is 183 Å². The molecule has 7 heteroatoms. The molecule has 162 valence electrons. The molecule has 1 N–H and O–H groups in total. The molecule has 0 aliphatic carbocycles. The van der Waals surface area contributed by atoms with Gasteiger partial charge in [-0.05, 0) is 66.6 Å². The third kappa shape index (κ3) is 3.62. The number of hydrogen-bond donors (Lipinski definition) is 1. The Bertz CT molecular complexity index is 1250.